The SMILES string of the molecule is NS(=O)(=O)c1cc(NS(=O)(=O)CCOCC2CC2)ccn1. The van der Waals surface area contributed by atoms with Crippen LogP contribution in [-0.4, -0.2) is 40.8 Å². The predicted molar refractivity (Wildman–Crippen MR) is 76.6 cm³/mol. The van der Waals surface area contributed by atoms with Crippen molar-refractivity contribution >= 4 is 25.7 Å². The van der Waals surface area contributed by atoms with Gasteiger partial charge in [-0.15, -0.1) is 0 Å². The monoisotopic (exact) mass is 335 g/mol. The van der Waals surface area contributed by atoms with Gasteiger partial charge in [-0.1, -0.05) is 0 Å². The summed E-state index contributed by atoms with van der Waals surface area (Å²) in [5, 5.41) is 4.54. The zero-order valence-electron chi connectivity index (χ0n) is 11.2. The zero-order valence-corrected chi connectivity index (χ0v) is 12.9. The Hall–Kier alpha value is -1.23. The lowest BCUT2D eigenvalue weighted by molar-refractivity contribution is 0.138. The third-order valence-corrected chi connectivity index (χ3v) is 4.90. The van der Waals surface area contributed by atoms with E-state index in [4.69, 9.17) is 9.88 Å². The largest absolute Gasteiger partial charge is 0.380 e. The lowest BCUT2D eigenvalue weighted by atomic mass is 10.4. The number of primary sulfonamides is 1. The lowest BCUT2D eigenvalue weighted by Gasteiger charge is -2.09. The molecule has 0 amide bonds. The number of nitrogens with two attached hydrogens (primary N) is 1. The first-order valence-corrected chi connectivity index (χ1v) is 9.53. The number of ether oxygens (including phenoxy) is 1. The molecule has 0 radical (unpaired) electrons. The molecule has 10 heteroatoms. The Morgan fingerprint density at radius 3 is 2.67 bits per heavy atom. The van der Waals surface area contributed by atoms with Crippen LogP contribution in [0.1, 0.15) is 12.8 Å². The zero-order chi connectivity index (χ0) is 15.5. The summed E-state index contributed by atoms with van der Waals surface area (Å²) in [7, 11) is -7.59. The molecule has 1 aromatic heterocycles. The molecular formula is C11H17N3O5S2. The Kier molecular flexibility index (Phi) is 4.81. The van der Waals surface area contributed by atoms with Crippen LogP contribution < -0.4 is 9.86 Å². The molecule has 0 unspecified atom stereocenters. The summed E-state index contributed by atoms with van der Waals surface area (Å²) >= 11 is 0. The van der Waals surface area contributed by atoms with Gasteiger partial charge in [-0.25, -0.2) is 27.0 Å². The van der Waals surface area contributed by atoms with E-state index < -0.39 is 25.1 Å². The van der Waals surface area contributed by atoms with Gasteiger partial charge in [0.25, 0.3) is 10.0 Å². The molecule has 2 rings (SSSR count). The van der Waals surface area contributed by atoms with Crippen molar-refractivity contribution in [3.05, 3.63) is 18.3 Å². The number of hydrogen-bond acceptors (Lipinski definition) is 6. The first-order chi connectivity index (χ1) is 9.76. The van der Waals surface area contributed by atoms with Gasteiger partial charge >= 0.3 is 0 Å². The van der Waals surface area contributed by atoms with Gasteiger partial charge in [0.15, 0.2) is 5.03 Å². The van der Waals surface area contributed by atoms with E-state index in [2.05, 4.69) is 9.71 Å². The summed E-state index contributed by atoms with van der Waals surface area (Å²) in [6.07, 6.45) is 3.44. The van der Waals surface area contributed by atoms with Crippen molar-refractivity contribution in [2.75, 3.05) is 23.7 Å². The molecule has 1 aliphatic carbocycles. The molecule has 0 aromatic carbocycles. The molecule has 0 bridgehead atoms. The minimum Gasteiger partial charge on any atom is -0.380 e. The van der Waals surface area contributed by atoms with Gasteiger partial charge in [0, 0.05) is 18.9 Å². The second-order valence-corrected chi connectivity index (χ2v) is 8.22. The maximum atomic E-state index is 11.8. The highest BCUT2D eigenvalue weighted by Gasteiger charge is 2.21. The van der Waals surface area contributed by atoms with Crippen LogP contribution in [0.2, 0.25) is 0 Å². The number of anilines is 1. The minimum atomic E-state index is -3.98. The molecule has 1 saturated carbocycles. The van der Waals surface area contributed by atoms with Gasteiger partial charge in [0.1, 0.15) is 0 Å². The van der Waals surface area contributed by atoms with E-state index in [1.807, 2.05) is 0 Å². The Balaban J connectivity index is 1.92. The number of hydrogen-bond donors (Lipinski definition) is 2. The van der Waals surface area contributed by atoms with Crippen LogP contribution in [-0.2, 0) is 24.8 Å². The lowest BCUT2D eigenvalue weighted by Crippen LogP contribution is -2.21. The smallest absolute Gasteiger partial charge is 0.255 e. The summed E-state index contributed by atoms with van der Waals surface area (Å²) in [5.74, 6) is 0.366. The number of pyridine rings is 1. The number of sulfonamides is 2. The molecule has 8 nitrogen and oxygen atoms in total. The van der Waals surface area contributed by atoms with E-state index in [0.29, 0.717) is 12.5 Å². The maximum absolute atomic E-state index is 11.8. The molecule has 0 spiro atoms. The van der Waals surface area contributed by atoms with Gasteiger partial charge in [-0.3, -0.25) is 4.72 Å². The Morgan fingerprint density at radius 1 is 1.33 bits per heavy atom. The molecule has 21 heavy (non-hydrogen) atoms. The number of nitrogens with zero attached hydrogens (tertiary/aromatic N) is 1. The summed E-state index contributed by atoms with van der Waals surface area (Å²) in [5.41, 5.74) is 0.0937. The van der Waals surface area contributed by atoms with Gasteiger partial charge in [0.2, 0.25) is 10.0 Å². The van der Waals surface area contributed by atoms with Crippen molar-refractivity contribution in [1.29, 1.82) is 0 Å². The summed E-state index contributed by atoms with van der Waals surface area (Å²) in [6, 6.07) is 2.41. The van der Waals surface area contributed by atoms with Gasteiger partial charge in [-0.05, 0) is 24.8 Å². The van der Waals surface area contributed by atoms with Crippen molar-refractivity contribution in [3.63, 3.8) is 0 Å². The average Bonchev–Trinajstić information content (AvgIpc) is 3.17. The maximum Gasteiger partial charge on any atom is 0.255 e. The molecule has 3 N–H and O–H groups in total. The summed E-state index contributed by atoms with van der Waals surface area (Å²) in [4.78, 5) is 3.57. The van der Waals surface area contributed by atoms with Crippen LogP contribution in [0.15, 0.2) is 23.4 Å². The number of rotatable bonds is 8. The van der Waals surface area contributed by atoms with E-state index in [0.717, 1.165) is 18.9 Å². The Bertz CT molecular complexity index is 698. The summed E-state index contributed by atoms with van der Waals surface area (Å²) < 4.78 is 53.5. The molecule has 0 saturated heterocycles. The summed E-state index contributed by atoms with van der Waals surface area (Å²) in [6.45, 7) is 0.680. The second-order valence-electron chi connectivity index (χ2n) is 4.87. The highest BCUT2D eigenvalue weighted by atomic mass is 32.2. The van der Waals surface area contributed by atoms with Crippen molar-refractivity contribution < 1.29 is 21.6 Å². The molecule has 0 aliphatic heterocycles. The normalized spacial score (nSPS) is 15.9. The fraction of sp³-hybridized carbons (Fsp3) is 0.545. The van der Waals surface area contributed by atoms with E-state index in [-0.39, 0.29) is 18.0 Å². The highest BCUT2D eigenvalue weighted by Crippen LogP contribution is 2.28. The number of aromatic nitrogens is 1. The van der Waals surface area contributed by atoms with Gasteiger partial charge < -0.3 is 4.74 Å². The molecule has 1 heterocycles. The van der Waals surface area contributed by atoms with E-state index in [9.17, 15) is 16.8 Å². The fourth-order valence-electron chi connectivity index (χ4n) is 1.56. The molecule has 1 aliphatic rings. The van der Waals surface area contributed by atoms with Crippen LogP contribution in [0.3, 0.4) is 0 Å². The van der Waals surface area contributed by atoms with Crippen molar-refractivity contribution in [1.82, 2.24) is 4.98 Å². The standard InChI is InChI=1S/C11H17N3O5S2/c12-21(17,18)11-7-10(3-4-13-11)14-20(15,16)6-5-19-8-9-1-2-9/h3-4,7,9H,1-2,5-6,8H2,(H,13,14)(H2,12,17,18). The quantitative estimate of drug-likeness (QED) is 0.638. The molecule has 1 aromatic rings. The van der Waals surface area contributed by atoms with Crippen LogP contribution in [0, 0.1) is 5.92 Å². The van der Waals surface area contributed by atoms with E-state index in [1.54, 1.807) is 0 Å². The molecule has 118 valence electrons. The van der Waals surface area contributed by atoms with E-state index >= 15 is 0 Å². The van der Waals surface area contributed by atoms with Crippen LogP contribution in [0.5, 0.6) is 0 Å². The average molecular weight is 335 g/mol. The van der Waals surface area contributed by atoms with Crippen LogP contribution in [0.25, 0.3) is 0 Å². The predicted octanol–water partition coefficient (Wildman–Crippen LogP) is -0.103. The minimum absolute atomic E-state index is 0.0937. The first kappa shape index (κ1) is 16.1. The second kappa shape index (κ2) is 6.26. The molecule has 1 fully saturated rings. The molecule has 0 atom stereocenters. The van der Waals surface area contributed by atoms with Gasteiger partial charge in [0.05, 0.1) is 18.0 Å². The van der Waals surface area contributed by atoms with E-state index in [1.165, 1.54) is 12.3 Å². The fourth-order valence-corrected chi connectivity index (χ4v) is 2.99. The Morgan fingerprint density at radius 2 is 2.05 bits per heavy atom. The van der Waals surface area contributed by atoms with Crippen molar-refractivity contribution in [3.8, 4) is 0 Å². The van der Waals surface area contributed by atoms with Crippen LogP contribution in [0.4, 0.5) is 5.69 Å². The van der Waals surface area contributed by atoms with Crippen molar-refractivity contribution in [2.24, 2.45) is 11.1 Å². The first-order valence-electron chi connectivity index (χ1n) is 6.33. The molecular weight excluding hydrogens is 318 g/mol. The van der Waals surface area contributed by atoms with Gasteiger partial charge in [-0.2, -0.15) is 0 Å². The van der Waals surface area contributed by atoms with Crippen LogP contribution >= 0.6 is 0 Å². The third kappa shape index (κ3) is 5.58. The number of nitrogens with one attached hydrogen (secondary N) is 1. The van der Waals surface area contributed by atoms with Crippen molar-refractivity contribution in [2.45, 2.75) is 17.9 Å². The Labute approximate surface area is 123 Å². The highest BCUT2D eigenvalue weighted by molar-refractivity contribution is 7.92. The third-order valence-electron chi connectivity index (χ3n) is 2.85. The topological polar surface area (TPSA) is 128 Å².